The van der Waals surface area contributed by atoms with Gasteiger partial charge in [0.25, 0.3) is 0 Å². The molecule has 0 spiro atoms. The van der Waals surface area contributed by atoms with E-state index in [0.717, 1.165) is 17.7 Å². The molecule has 6 heteroatoms. The number of rotatable bonds is 3. The zero-order valence-electron chi connectivity index (χ0n) is 13.2. The Morgan fingerprint density at radius 2 is 2.00 bits per heavy atom. The lowest BCUT2D eigenvalue weighted by Gasteiger charge is -2.28. The molecule has 1 aromatic rings. The molecule has 0 unspecified atom stereocenters. The zero-order chi connectivity index (χ0) is 16.4. The van der Waals surface area contributed by atoms with Crippen molar-refractivity contribution >= 4 is 21.3 Å². The predicted molar refractivity (Wildman–Crippen MR) is 88.9 cm³/mol. The number of methoxy groups -OCH3 is 1. The highest BCUT2D eigenvalue weighted by atomic mass is 32.2. The Balaban J connectivity index is 1.64. The maximum atomic E-state index is 12.4. The van der Waals surface area contributed by atoms with E-state index in [4.69, 9.17) is 4.74 Å². The standard InChI is InChI=1S/C17H21NO4S/c1-22-16-4-2-13(3-5-16)14-6-9-18(10-7-14)17(19)15-8-11-23(20,21)12-15/h2-6,15H,7-12H2,1H3/t15-/m0/s1. The van der Waals surface area contributed by atoms with Gasteiger partial charge < -0.3 is 9.64 Å². The third kappa shape index (κ3) is 3.58. The molecule has 1 atom stereocenters. The predicted octanol–water partition coefficient (Wildman–Crippen LogP) is 1.75. The van der Waals surface area contributed by atoms with Gasteiger partial charge in [0, 0.05) is 13.1 Å². The van der Waals surface area contributed by atoms with Crippen LogP contribution in [0.2, 0.25) is 0 Å². The van der Waals surface area contributed by atoms with Crippen molar-refractivity contribution in [2.24, 2.45) is 5.92 Å². The van der Waals surface area contributed by atoms with Crippen molar-refractivity contribution in [3.63, 3.8) is 0 Å². The van der Waals surface area contributed by atoms with Crippen molar-refractivity contribution in [3.8, 4) is 5.75 Å². The maximum absolute atomic E-state index is 12.4. The first-order chi connectivity index (χ1) is 11.0. The highest BCUT2D eigenvalue weighted by Gasteiger charge is 2.35. The van der Waals surface area contributed by atoms with Gasteiger partial charge in [-0.1, -0.05) is 18.2 Å². The normalized spacial score (nSPS) is 23.4. The molecule has 0 radical (unpaired) electrons. The summed E-state index contributed by atoms with van der Waals surface area (Å²) in [6, 6.07) is 7.89. The summed E-state index contributed by atoms with van der Waals surface area (Å²) in [6.07, 6.45) is 3.32. The number of amides is 1. The van der Waals surface area contributed by atoms with Crippen molar-refractivity contribution < 1.29 is 17.9 Å². The summed E-state index contributed by atoms with van der Waals surface area (Å²) < 4.78 is 28.2. The summed E-state index contributed by atoms with van der Waals surface area (Å²) in [5.41, 5.74) is 2.36. The summed E-state index contributed by atoms with van der Waals surface area (Å²) in [7, 11) is -1.37. The van der Waals surface area contributed by atoms with E-state index in [2.05, 4.69) is 6.08 Å². The summed E-state index contributed by atoms with van der Waals surface area (Å²) in [4.78, 5) is 14.2. The van der Waals surface area contributed by atoms with Crippen LogP contribution in [0, 0.1) is 5.92 Å². The molecule has 0 aliphatic carbocycles. The minimum absolute atomic E-state index is 0.0113. The van der Waals surface area contributed by atoms with E-state index in [9.17, 15) is 13.2 Å². The number of carbonyl (C=O) groups is 1. The summed E-state index contributed by atoms with van der Waals surface area (Å²) >= 11 is 0. The first-order valence-corrected chi connectivity index (χ1v) is 9.63. The van der Waals surface area contributed by atoms with Gasteiger partial charge in [0.2, 0.25) is 5.91 Å². The fourth-order valence-corrected chi connectivity index (χ4v) is 4.92. The molecule has 1 saturated heterocycles. The highest BCUT2D eigenvalue weighted by molar-refractivity contribution is 7.91. The van der Waals surface area contributed by atoms with Gasteiger partial charge in [-0.3, -0.25) is 4.79 Å². The van der Waals surface area contributed by atoms with Gasteiger partial charge in [-0.2, -0.15) is 0 Å². The van der Waals surface area contributed by atoms with E-state index in [1.54, 1.807) is 12.0 Å². The minimum Gasteiger partial charge on any atom is -0.497 e. The minimum atomic E-state index is -3.01. The number of hydrogen-bond donors (Lipinski definition) is 0. The molecule has 1 fully saturated rings. The van der Waals surface area contributed by atoms with Crippen molar-refractivity contribution in [1.29, 1.82) is 0 Å². The van der Waals surface area contributed by atoms with Gasteiger partial charge in [-0.25, -0.2) is 8.42 Å². The molecular weight excluding hydrogens is 314 g/mol. The zero-order valence-corrected chi connectivity index (χ0v) is 14.0. The summed E-state index contributed by atoms with van der Waals surface area (Å²) in [6.45, 7) is 1.20. The molecule has 0 aromatic heterocycles. The van der Waals surface area contributed by atoms with Crippen molar-refractivity contribution in [2.75, 3.05) is 31.7 Å². The molecule has 0 N–H and O–H groups in total. The van der Waals surface area contributed by atoms with Gasteiger partial charge in [0.15, 0.2) is 9.84 Å². The van der Waals surface area contributed by atoms with Crippen LogP contribution in [0.3, 0.4) is 0 Å². The summed E-state index contributed by atoms with van der Waals surface area (Å²) in [5.74, 6) is 0.609. The molecule has 2 heterocycles. The average Bonchev–Trinajstić information content (AvgIpc) is 2.94. The van der Waals surface area contributed by atoms with Crippen LogP contribution in [0.4, 0.5) is 0 Å². The molecule has 5 nitrogen and oxygen atoms in total. The van der Waals surface area contributed by atoms with Crippen LogP contribution in [-0.4, -0.2) is 50.9 Å². The molecule has 3 rings (SSSR count). The third-order valence-electron chi connectivity index (χ3n) is 4.56. The maximum Gasteiger partial charge on any atom is 0.227 e. The fourth-order valence-electron chi connectivity index (χ4n) is 3.18. The number of ether oxygens (including phenoxy) is 1. The van der Waals surface area contributed by atoms with Gasteiger partial charge in [0.1, 0.15) is 5.75 Å². The van der Waals surface area contributed by atoms with E-state index in [1.807, 2.05) is 24.3 Å². The Morgan fingerprint density at radius 1 is 1.26 bits per heavy atom. The molecule has 124 valence electrons. The van der Waals surface area contributed by atoms with E-state index in [-0.39, 0.29) is 23.3 Å². The van der Waals surface area contributed by atoms with Crippen LogP contribution < -0.4 is 4.74 Å². The van der Waals surface area contributed by atoms with E-state index >= 15 is 0 Å². The van der Waals surface area contributed by atoms with E-state index < -0.39 is 9.84 Å². The quantitative estimate of drug-likeness (QED) is 0.844. The Labute approximate surface area is 136 Å². The number of benzene rings is 1. The van der Waals surface area contributed by atoms with E-state index in [1.165, 1.54) is 5.57 Å². The molecule has 1 aromatic carbocycles. The largest absolute Gasteiger partial charge is 0.497 e. The van der Waals surface area contributed by atoms with Crippen LogP contribution in [0.5, 0.6) is 5.75 Å². The molecule has 0 bridgehead atoms. The third-order valence-corrected chi connectivity index (χ3v) is 6.33. The van der Waals surface area contributed by atoms with Gasteiger partial charge in [0.05, 0.1) is 24.5 Å². The smallest absolute Gasteiger partial charge is 0.227 e. The van der Waals surface area contributed by atoms with Crippen LogP contribution >= 0.6 is 0 Å². The van der Waals surface area contributed by atoms with E-state index in [0.29, 0.717) is 19.5 Å². The molecule has 2 aliphatic heterocycles. The monoisotopic (exact) mass is 335 g/mol. The van der Waals surface area contributed by atoms with Gasteiger partial charge >= 0.3 is 0 Å². The van der Waals surface area contributed by atoms with Gasteiger partial charge in [-0.05, 0) is 36.1 Å². The average molecular weight is 335 g/mol. The number of carbonyl (C=O) groups excluding carboxylic acids is 1. The molecule has 23 heavy (non-hydrogen) atoms. The Bertz CT molecular complexity index is 721. The lowest BCUT2D eigenvalue weighted by atomic mass is 9.98. The van der Waals surface area contributed by atoms with Crippen LogP contribution in [0.15, 0.2) is 30.3 Å². The van der Waals surface area contributed by atoms with Crippen molar-refractivity contribution in [1.82, 2.24) is 4.90 Å². The molecule has 2 aliphatic rings. The Hall–Kier alpha value is -1.82. The topological polar surface area (TPSA) is 63.7 Å². The first-order valence-electron chi connectivity index (χ1n) is 7.81. The number of hydrogen-bond acceptors (Lipinski definition) is 4. The SMILES string of the molecule is COc1ccc(C2=CCN(C(=O)[C@H]3CCS(=O)(=O)C3)CC2)cc1. The van der Waals surface area contributed by atoms with Crippen LogP contribution in [0.1, 0.15) is 18.4 Å². The van der Waals surface area contributed by atoms with Crippen molar-refractivity contribution in [3.05, 3.63) is 35.9 Å². The second-order valence-corrected chi connectivity index (χ2v) is 8.32. The molecule has 1 amide bonds. The lowest BCUT2D eigenvalue weighted by molar-refractivity contribution is -0.134. The Kier molecular flexibility index (Phi) is 4.43. The number of sulfone groups is 1. The van der Waals surface area contributed by atoms with Crippen LogP contribution in [-0.2, 0) is 14.6 Å². The molecular formula is C17H21NO4S. The van der Waals surface area contributed by atoms with Gasteiger partial charge in [-0.15, -0.1) is 0 Å². The Morgan fingerprint density at radius 3 is 2.52 bits per heavy atom. The molecule has 0 saturated carbocycles. The second-order valence-electron chi connectivity index (χ2n) is 6.09. The lowest BCUT2D eigenvalue weighted by Crippen LogP contribution is -2.39. The van der Waals surface area contributed by atoms with Crippen molar-refractivity contribution in [2.45, 2.75) is 12.8 Å². The fraction of sp³-hybridized carbons (Fsp3) is 0.471. The first kappa shape index (κ1) is 16.1. The number of nitrogens with zero attached hydrogens (tertiary/aromatic N) is 1. The van der Waals surface area contributed by atoms with Crippen LogP contribution in [0.25, 0.3) is 5.57 Å². The summed E-state index contributed by atoms with van der Waals surface area (Å²) in [5, 5.41) is 0. The second kappa shape index (κ2) is 6.35. The highest BCUT2D eigenvalue weighted by Crippen LogP contribution is 2.27.